The van der Waals surface area contributed by atoms with Gasteiger partial charge >= 0.3 is 29.9 Å². The number of carbonyl (C=O) groups is 2. The maximum atomic E-state index is 12.4. The van der Waals surface area contributed by atoms with Gasteiger partial charge in [0.2, 0.25) is 0 Å². The van der Waals surface area contributed by atoms with Crippen LogP contribution in [0.2, 0.25) is 0 Å². The van der Waals surface area contributed by atoms with Gasteiger partial charge < -0.3 is 14.6 Å². The van der Waals surface area contributed by atoms with Crippen LogP contribution < -0.4 is 0 Å². The number of hydrogen-bond acceptors (Lipinski definition) is 5. The van der Waals surface area contributed by atoms with Crippen LogP contribution in [0.4, 0.5) is 26.3 Å². The standard InChI is InChI=1S/C11H13ClF6O5/c1-8(2,4-22-6(19)3-12)5-23-7(20)9(21,10(13,14)15)11(16,17)18/h21H,3-5H2,1-2H3. The topological polar surface area (TPSA) is 72.8 Å². The number of alkyl halides is 7. The van der Waals surface area contributed by atoms with Crippen LogP contribution >= 0.6 is 11.6 Å². The van der Waals surface area contributed by atoms with Crippen molar-refractivity contribution in [2.75, 3.05) is 19.1 Å². The van der Waals surface area contributed by atoms with E-state index < -0.39 is 54.4 Å². The first kappa shape index (κ1) is 21.8. The van der Waals surface area contributed by atoms with Crippen LogP contribution in [0.5, 0.6) is 0 Å². The Kier molecular flexibility index (Phi) is 6.74. The fraction of sp³-hybridized carbons (Fsp3) is 0.818. The predicted molar refractivity (Wildman–Crippen MR) is 63.5 cm³/mol. The Morgan fingerprint density at radius 2 is 1.35 bits per heavy atom. The SMILES string of the molecule is CC(C)(COC(=O)CCl)COC(=O)C(O)(C(F)(F)F)C(F)(F)F. The van der Waals surface area contributed by atoms with Crippen LogP contribution in [-0.2, 0) is 19.1 Å². The second kappa shape index (κ2) is 7.12. The number of rotatable bonds is 6. The lowest BCUT2D eigenvalue weighted by molar-refractivity contribution is -0.357. The molecule has 0 aliphatic rings. The van der Waals surface area contributed by atoms with Crippen molar-refractivity contribution >= 4 is 23.5 Å². The monoisotopic (exact) mass is 374 g/mol. The second-order valence-electron chi connectivity index (χ2n) is 5.24. The van der Waals surface area contributed by atoms with E-state index in [4.69, 9.17) is 16.7 Å². The van der Waals surface area contributed by atoms with Gasteiger partial charge in [-0.1, -0.05) is 13.8 Å². The van der Waals surface area contributed by atoms with E-state index in [1.807, 2.05) is 0 Å². The Morgan fingerprint density at radius 3 is 1.70 bits per heavy atom. The van der Waals surface area contributed by atoms with Gasteiger partial charge in [-0.3, -0.25) is 4.79 Å². The summed E-state index contributed by atoms with van der Waals surface area (Å²) in [6, 6.07) is 0. The molecule has 0 saturated carbocycles. The van der Waals surface area contributed by atoms with E-state index in [1.54, 1.807) is 0 Å². The van der Waals surface area contributed by atoms with Crippen molar-refractivity contribution in [3.05, 3.63) is 0 Å². The molecule has 136 valence electrons. The summed E-state index contributed by atoms with van der Waals surface area (Å²) in [7, 11) is 0. The number of esters is 2. The van der Waals surface area contributed by atoms with E-state index in [1.165, 1.54) is 13.8 Å². The smallest absolute Gasteiger partial charge is 0.437 e. The summed E-state index contributed by atoms with van der Waals surface area (Å²) < 4.78 is 83.0. The zero-order valence-corrected chi connectivity index (χ0v) is 12.6. The third kappa shape index (κ3) is 5.41. The van der Waals surface area contributed by atoms with Crippen molar-refractivity contribution in [1.82, 2.24) is 0 Å². The molecule has 0 saturated heterocycles. The second-order valence-corrected chi connectivity index (χ2v) is 5.51. The largest absolute Gasteiger partial charge is 0.464 e. The summed E-state index contributed by atoms with van der Waals surface area (Å²) in [5, 5.41) is 8.78. The molecule has 0 spiro atoms. The van der Waals surface area contributed by atoms with E-state index in [-0.39, 0.29) is 0 Å². The van der Waals surface area contributed by atoms with Crippen molar-refractivity contribution in [3.8, 4) is 0 Å². The number of hydrogen-bond donors (Lipinski definition) is 1. The Labute approximate surface area is 131 Å². The highest BCUT2D eigenvalue weighted by Crippen LogP contribution is 2.44. The van der Waals surface area contributed by atoms with Crippen molar-refractivity contribution in [3.63, 3.8) is 0 Å². The van der Waals surface area contributed by atoms with Crippen LogP contribution in [0.3, 0.4) is 0 Å². The van der Waals surface area contributed by atoms with Crippen molar-refractivity contribution in [2.24, 2.45) is 5.41 Å². The molecule has 0 heterocycles. The molecule has 1 N–H and O–H groups in total. The number of halogens is 7. The minimum absolute atomic E-state index is 0.484. The van der Waals surface area contributed by atoms with Crippen molar-refractivity contribution in [2.45, 2.75) is 31.8 Å². The lowest BCUT2D eigenvalue weighted by Gasteiger charge is -2.31. The minimum atomic E-state index is -6.32. The van der Waals surface area contributed by atoms with Gasteiger partial charge in [-0.2, -0.15) is 26.3 Å². The molecule has 0 atom stereocenters. The fourth-order valence-electron chi connectivity index (χ4n) is 1.11. The van der Waals surface area contributed by atoms with Gasteiger partial charge in [0, 0.05) is 5.41 Å². The first-order valence-corrected chi connectivity index (χ1v) is 6.36. The van der Waals surface area contributed by atoms with Crippen LogP contribution in [0, 0.1) is 5.41 Å². The highest BCUT2D eigenvalue weighted by atomic mass is 35.5. The molecule has 0 radical (unpaired) electrons. The zero-order valence-electron chi connectivity index (χ0n) is 11.8. The minimum Gasteiger partial charge on any atom is -0.464 e. The molecule has 0 amide bonds. The number of ether oxygens (including phenoxy) is 2. The predicted octanol–water partition coefficient (Wildman–Crippen LogP) is 2.19. The highest BCUT2D eigenvalue weighted by molar-refractivity contribution is 6.26. The summed E-state index contributed by atoms with van der Waals surface area (Å²) in [6.07, 6.45) is -12.6. The molecule has 0 bridgehead atoms. The van der Waals surface area contributed by atoms with Gasteiger partial charge in [0.05, 0.1) is 13.2 Å². The molecule has 23 heavy (non-hydrogen) atoms. The molecule has 0 unspecified atom stereocenters. The normalized spacial score (nSPS) is 13.7. The van der Waals surface area contributed by atoms with Crippen molar-refractivity contribution in [1.29, 1.82) is 0 Å². The Hall–Kier alpha value is -1.23. The molecule has 0 aromatic rings. The molecule has 0 fully saturated rings. The third-order valence-corrected chi connectivity index (χ3v) is 2.66. The van der Waals surface area contributed by atoms with Gasteiger partial charge in [0.15, 0.2) is 0 Å². The Balaban J connectivity index is 5.01. The molecule has 0 aromatic carbocycles. The number of aliphatic hydroxyl groups is 1. The Bertz CT molecular complexity index is 431. The molecule has 0 aliphatic heterocycles. The maximum Gasteiger partial charge on any atom is 0.437 e. The van der Waals surface area contributed by atoms with E-state index in [0.29, 0.717) is 0 Å². The lowest BCUT2D eigenvalue weighted by Crippen LogP contribution is -2.63. The summed E-state index contributed by atoms with van der Waals surface area (Å²) in [5.41, 5.74) is -6.96. The lowest BCUT2D eigenvalue weighted by atomic mass is 9.96. The van der Waals surface area contributed by atoms with Crippen LogP contribution in [0.1, 0.15) is 13.8 Å². The van der Waals surface area contributed by atoms with E-state index >= 15 is 0 Å². The van der Waals surface area contributed by atoms with Gasteiger partial charge in [-0.05, 0) is 0 Å². The number of carbonyl (C=O) groups excluding carboxylic acids is 2. The van der Waals surface area contributed by atoms with Gasteiger partial charge in [-0.25, -0.2) is 4.79 Å². The first-order chi connectivity index (χ1) is 10.1. The van der Waals surface area contributed by atoms with E-state index in [2.05, 4.69) is 9.47 Å². The van der Waals surface area contributed by atoms with Crippen LogP contribution in [0.15, 0.2) is 0 Å². The molecule has 0 aliphatic carbocycles. The molecular weight excluding hydrogens is 362 g/mol. The molecular formula is C11H13ClF6O5. The third-order valence-electron chi connectivity index (χ3n) is 2.44. The summed E-state index contributed by atoms with van der Waals surface area (Å²) in [6.45, 7) is 1.02. The van der Waals surface area contributed by atoms with Crippen LogP contribution in [0.25, 0.3) is 0 Å². The molecule has 0 rings (SSSR count). The summed E-state index contributed by atoms with van der Waals surface area (Å²) >= 11 is 5.13. The Morgan fingerprint density at radius 1 is 0.957 bits per heavy atom. The van der Waals surface area contributed by atoms with Gasteiger partial charge in [0.25, 0.3) is 0 Å². The van der Waals surface area contributed by atoms with Gasteiger partial charge in [0.1, 0.15) is 5.88 Å². The van der Waals surface area contributed by atoms with Crippen molar-refractivity contribution < 1.29 is 50.5 Å². The van der Waals surface area contributed by atoms with E-state index in [9.17, 15) is 35.9 Å². The summed E-state index contributed by atoms with van der Waals surface area (Å²) in [4.78, 5) is 22.0. The fourth-order valence-corrected chi connectivity index (χ4v) is 1.19. The summed E-state index contributed by atoms with van der Waals surface area (Å²) in [5.74, 6) is -4.32. The van der Waals surface area contributed by atoms with Crippen LogP contribution in [-0.4, -0.2) is 54.1 Å². The van der Waals surface area contributed by atoms with Gasteiger partial charge in [-0.15, -0.1) is 11.6 Å². The molecule has 12 heteroatoms. The average molecular weight is 375 g/mol. The quantitative estimate of drug-likeness (QED) is 0.438. The molecule has 0 aromatic heterocycles. The maximum absolute atomic E-state index is 12.4. The first-order valence-electron chi connectivity index (χ1n) is 5.83. The zero-order chi connectivity index (χ0) is 18.7. The highest BCUT2D eigenvalue weighted by Gasteiger charge is 2.76. The molecule has 5 nitrogen and oxygen atoms in total. The van der Waals surface area contributed by atoms with E-state index in [0.717, 1.165) is 0 Å². The average Bonchev–Trinajstić information content (AvgIpc) is 2.38.